The predicted octanol–water partition coefficient (Wildman–Crippen LogP) is 0.977. The van der Waals surface area contributed by atoms with Crippen LogP contribution in [0.5, 0.6) is 0 Å². The summed E-state index contributed by atoms with van der Waals surface area (Å²) in [7, 11) is 0. The van der Waals surface area contributed by atoms with E-state index in [1.807, 2.05) is 13.0 Å². The van der Waals surface area contributed by atoms with Gasteiger partial charge in [-0.2, -0.15) is 4.68 Å². The molecule has 0 fully saturated rings. The van der Waals surface area contributed by atoms with E-state index in [1.165, 1.54) is 4.68 Å². The fraction of sp³-hybridized carbons (Fsp3) is 0.200. The maximum absolute atomic E-state index is 10.8. The molecule has 0 aliphatic rings. The van der Waals surface area contributed by atoms with Gasteiger partial charge in [-0.1, -0.05) is 11.3 Å². The number of aromatic carboxylic acids is 1. The van der Waals surface area contributed by atoms with Gasteiger partial charge in [0, 0.05) is 6.20 Å². The summed E-state index contributed by atoms with van der Waals surface area (Å²) in [5, 5.41) is 16.2. The summed E-state index contributed by atoms with van der Waals surface area (Å²) in [5.74, 6) is -0.529. The smallest absolute Gasteiger partial charge is 0.358 e. The molecule has 1 N–H and O–H groups in total. The maximum atomic E-state index is 10.8. The van der Waals surface area contributed by atoms with Crippen LogP contribution in [0.25, 0.3) is 5.82 Å². The zero-order valence-corrected chi connectivity index (χ0v) is 8.88. The highest BCUT2D eigenvalue weighted by molar-refractivity contribution is 5.86. The van der Waals surface area contributed by atoms with Gasteiger partial charge in [-0.3, -0.25) is 0 Å². The molecule has 2 aromatic rings. The standard InChI is InChI=1S/C10H10N4O2/c1-6-3-4-8(11-5-6)14-7(2)9(10(15)16)12-13-14/h3-5H,1-2H3,(H,15,16). The van der Waals surface area contributed by atoms with Crippen molar-refractivity contribution in [2.45, 2.75) is 13.8 Å². The zero-order chi connectivity index (χ0) is 11.7. The fourth-order valence-corrected chi connectivity index (χ4v) is 1.33. The van der Waals surface area contributed by atoms with E-state index in [1.54, 1.807) is 19.2 Å². The monoisotopic (exact) mass is 218 g/mol. The van der Waals surface area contributed by atoms with Crippen molar-refractivity contribution in [2.24, 2.45) is 0 Å². The van der Waals surface area contributed by atoms with Crippen LogP contribution in [0.3, 0.4) is 0 Å². The van der Waals surface area contributed by atoms with Crippen LogP contribution in [0.1, 0.15) is 21.7 Å². The van der Waals surface area contributed by atoms with Crippen molar-refractivity contribution in [3.8, 4) is 5.82 Å². The summed E-state index contributed by atoms with van der Waals surface area (Å²) in [6.45, 7) is 3.57. The molecule has 0 radical (unpaired) electrons. The van der Waals surface area contributed by atoms with E-state index in [2.05, 4.69) is 15.3 Å². The molecule has 82 valence electrons. The number of carboxylic acids is 1. The molecule has 0 aliphatic carbocycles. The van der Waals surface area contributed by atoms with Gasteiger partial charge in [0.05, 0.1) is 5.69 Å². The van der Waals surface area contributed by atoms with Crippen LogP contribution in [0, 0.1) is 13.8 Å². The molecule has 0 aliphatic heterocycles. The van der Waals surface area contributed by atoms with E-state index in [4.69, 9.17) is 5.11 Å². The molecule has 0 atom stereocenters. The number of carbonyl (C=O) groups is 1. The summed E-state index contributed by atoms with van der Waals surface area (Å²) in [6.07, 6.45) is 1.69. The Morgan fingerprint density at radius 3 is 2.62 bits per heavy atom. The molecule has 6 nitrogen and oxygen atoms in total. The van der Waals surface area contributed by atoms with Crippen molar-refractivity contribution in [3.05, 3.63) is 35.3 Å². The molecular weight excluding hydrogens is 208 g/mol. The Morgan fingerprint density at radius 1 is 1.38 bits per heavy atom. The number of pyridine rings is 1. The molecule has 2 rings (SSSR count). The molecule has 6 heteroatoms. The third-order valence-electron chi connectivity index (χ3n) is 2.21. The first kappa shape index (κ1) is 10.3. The van der Waals surface area contributed by atoms with Crippen molar-refractivity contribution >= 4 is 5.97 Å². The van der Waals surface area contributed by atoms with Crippen LogP contribution in [0.15, 0.2) is 18.3 Å². The quantitative estimate of drug-likeness (QED) is 0.812. The lowest BCUT2D eigenvalue weighted by Gasteiger charge is -2.01. The van der Waals surface area contributed by atoms with Crippen molar-refractivity contribution in [2.75, 3.05) is 0 Å². The molecule has 2 aromatic heterocycles. The summed E-state index contributed by atoms with van der Waals surface area (Å²) in [4.78, 5) is 14.9. The molecule has 0 unspecified atom stereocenters. The Kier molecular flexibility index (Phi) is 2.40. The molecule has 16 heavy (non-hydrogen) atoms. The normalized spacial score (nSPS) is 10.4. The first-order valence-corrected chi connectivity index (χ1v) is 4.68. The Bertz CT molecular complexity index is 530. The fourth-order valence-electron chi connectivity index (χ4n) is 1.33. The Morgan fingerprint density at radius 2 is 2.12 bits per heavy atom. The summed E-state index contributed by atoms with van der Waals surface area (Å²) < 4.78 is 1.41. The van der Waals surface area contributed by atoms with Crippen LogP contribution in [-0.2, 0) is 0 Å². The SMILES string of the molecule is Cc1ccc(-n2nnc(C(=O)O)c2C)nc1. The van der Waals surface area contributed by atoms with Gasteiger partial charge < -0.3 is 5.11 Å². The lowest BCUT2D eigenvalue weighted by Crippen LogP contribution is -2.04. The van der Waals surface area contributed by atoms with E-state index >= 15 is 0 Å². The van der Waals surface area contributed by atoms with E-state index in [0.717, 1.165) is 5.56 Å². The van der Waals surface area contributed by atoms with Crippen molar-refractivity contribution in [1.82, 2.24) is 20.0 Å². The summed E-state index contributed by atoms with van der Waals surface area (Å²) in [6, 6.07) is 3.65. The van der Waals surface area contributed by atoms with E-state index in [0.29, 0.717) is 11.5 Å². The van der Waals surface area contributed by atoms with Gasteiger partial charge in [-0.25, -0.2) is 9.78 Å². The van der Waals surface area contributed by atoms with Crippen molar-refractivity contribution in [1.29, 1.82) is 0 Å². The van der Waals surface area contributed by atoms with Crippen LogP contribution in [-0.4, -0.2) is 31.1 Å². The third kappa shape index (κ3) is 1.65. The Balaban J connectivity index is 2.49. The number of rotatable bonds is 2. The first-order valence-electron chi connectivity index (χ1n) is 4.68. The van der Waals surface area contributed by atoms with Crippen LogP contribution >= 0.6 is 0 Å². The molecule has 0 amide bonds. The van der Waals surface area contributed by atoms with Crippen LogP contribution < -0.4 is 0 Å². The predicted molar refractivity (Wildman–Crippen MR) is 55.6 cm³/mol. The number of hydrogen-bond acceptors (Lipinski definition) is 4. The van der Waals surface area contributed by atoms with Gasteiger partial charge in [-0.15, -0.1) is 5.10 Å². The number of hydrogen-bond donors (Lipinski definition) is 1. The molecule has 0 aromatic carbocycles. The van der Waals surface area contributed by atoms with Crippen LogP contribution in [0.4, 0.5) is 0 Å². The lowest BCUT2D eigenvalue weighted by atomic mass is 10.3. The highest BCUT2D eigenvalue weighted by Gasteiger charge is 2.16. The second kappa shape index (κ2) is 3.73. The molecule has 0 bridgehead atoms. The van der Waals surface area contributed by atoms with E-state index < -0.39 is 5.97 Å². The molecule has 2 heterocycles. The van der Waals surface area contributed by atoms with E-state index in [9.17, 15) is 4.79 Å². The number of carboxylic acid groups (broad SMARTS) is 1. The average molecular weight is 218 g/mol. The Labute approximate surface area is 91.6 Å². The average Bonchev–Trinajstić information content (AvgIpc) is 2.61. The van der Waals surface area contributed by atoms with Gasteiger partial charge in [0.15, 0.2) is 11.5 Å². The molecule has 0 saturated carbocycles. The molecule has 0 saturated heterocycles. The summed E-state index contributed by atoms with van der Waals surface area (Å²) >= 11 is 0. The van der Waals surface area contributed by atoms with E-state index in [-0.39, 0.29) is 5.69 Å². The molecular formula is C10H10N4O2. The minimum atomic E-state index is -1.09. The highest BCUT2D eigenvalue weighted by atomic mass is 16.4. The zero-order valence-electron chi connectivity index (χ0n) is 8.88. The number of aromatic nitrogens is 4. The number of aryl methyl sites for hydroxylation is 1. The second-order valence-electron chi connectivity index (χ2n) is 3.43. The van der Waals surface area contributed by atoms with Gasteiger partial charge in [0.1, 0.15) is 0 Å². The van der Waals surface area contributed by atoms with Crippen molar-refractivity contribution < 1.29 is 9.90 Å². The largest absolute Gasteiger partial charge is 0.476 e. The highest BCUT2D eigenvalue weighted by Crippen LogP contribution is 2.10. The van der Waals surface area contributed by atoms with Crippen LogP contribution in [0.2, 0.25) is 0 Å². The van der Waals surface area contributed by atoms with Gasteiger partial charge in [0.25, 0.3) is 0 Å². The lowest BCUT2D eigenvalue weighted by molar-refractivity contribution is 0.0689. The van der Waals surface area contributed by atoms with Gasteiger partial charge in [-0.05, 0) is 25.5 Å². The summed E-state index contributed by atoms with van der Waals surface area (Å²) in [5.41, 5.74) is 1.44. The maximum Gasteiger partial charge on any atom is 0.358 e. The Hall–Kier alpha value is -2.24. The van der Waals surface area contributed by atoms with Gasteiger partial charge >= 0.3 is 5.97 Å². The van der Waals surface area contributed by atoms with Gasteiger partial charge in [0.2, 0.25) is 0 Å². The third-order valence-corrected chi connectivity index (χ3v) is 2.21. The number of nitrogens with zero attached hydrogens (tertiary/aromatic N) is 4. The minimum Gasteiger partial charge on any atom is -0.476 e. The second-order valence-corrected chi connectivity index (χ2v) is 3.43. The topological polar surface area (TPSA) is 80.9 Å². The van der Waals surface area contributed by atoms with Crippen molar-refractivity contribution in [3.63, 3.8) is 0 Å². The minimum absolute atomic E-state index is 0.0534. The first-order chi connectivity index (χ1) is 7.59. The molecule has 0 spiro atoms.